The fourth-order valence-corrected chi connectivity index (χ4v) is 1.52. The van der Waals surface area contributed by atoms with Crippen molar-refractivity contribution in [3.63, 3.8) is 0 Å². The van der Waals surface area contributed by atoms with E-state index in [0.29, 0.717) is 12.4 Å². The Bertz CT molecular complexity index is 594. The quantitative estimate of drug-likeness (QED) is 0.440. The molecule has 0 saturated carbocycles. The van der Waals surface area contributed by atoms with Crippen LogP contribution in [-0.2, 0) is 0 Å². The van der Waals surface area contributed by atoms with Crippen LogP contribution in [0, 0.1) is 0 Å². The standard InChI is InChI=1S/C12H17N5O4/c1-3-21-9-4-6(10(18)19)7(5-8(9)20-2)16-12(15)17-11(13)14/h4-5H,3H2,1-2H3,(H,18,19)(H6,13,14,15,16,17). The van der Waals surface area contributed by atoms with Gasteiger partial charge in [0.1, 0.15) is 0 Å². The van der Waals surface area contributed by atoms with Crippen LogP contribution < -0.4 is 26.7 Å². The molecule has 0 radical (unpaired) electrons. The lowest BCUT2D eigenvalue weighted by atomic mass is 10.1. The lowest BCUT2D eigenvalue weighted by molar-refractivity contribution is 0.0697. The highest BCUT2D eigenvalue weighted by Gasteiger charge is 2.16. The third-order valence-electron chi connectivity index (χ3n) is 2.29. The molecule has 7 N–H and O–H groups in total. The van der Waals surface area contributed by atoms with Crippen molar-refractivity contribution in [1.82, 2.24) is 0 Å². The number of carboxylic acid groups (broad SMARTS) is 1. The van der Waals surface area contributed by atoms with Crippen molar-refractivity contribution >= 4 is 23.6 Å². The maximum Gasteiger partial charge on any atom is 0.338 e. The van der Waals surface area contributed by atoms with Gasteiger partial charge in [-0.25, -0.2) is 9.79 Å². The summed E-state index contributed by atoms with van der Waals surface area (Å²) in [7, 11) is 1.42. The highest BCUT2D eigenvalue weighted by atomic mass is 16.5. The van der Waals surface area contributed by atoms with Gasteiger partial charge in [-0.3, -0.25) is 0 Å². The summed E-state index contributed by atoms with van der Waals surface area (Å²) in [5.41, 5.74) is 15.8. The average Bonchev–Trinajstić information content (AvgIpc) is 2.38. The SMILES string of the molecule is CCOc1cc(C(=O)O)c(N=C(N)N=C(N)N)cc1OC. The first-order chi connectivity index (χ1) is 9.88. The van der Waals surface area contributed by atoms with Gasteiger partial charge in [-0.05, 0) is 6.92 Å². The molecule has 0 unspecified atom stereocenters. The van der Waals surface area contributed by atoms with Crippen molar-refractivity contribution in [3.05, 3.63) is 17.7 Å². The van der Waals surface area contributed by atoms with Gasteiger partial charge in [-0.2, -0.15) is 4.99 Å². The van der Waals surface area contributed by atoms with Gasteiger partial charge in [-0.15, -0.1) is 0 Å². The predicted octanol–water partition coefficient (Wildman–Crippen LogP) is 0.0117. The van der Waals surface area contributed by atoms with E-state index >= 15 is 0 Å². The first-order valence-corrected chi connectivity index (χ1v) is 5.91. The van der Waals surface area contributed by atoms with Gasteiger partial charge in [0.15, 0.2) is 17.5 Å². The number of carboxylic acids is 1. The van der Waals surface area contributed by atoms with Crippen LogP contribution in [0.15, 0.2) is 22.1 Å². The van der Waals surface area contributed by atoms with E-state index in [1.54, 1.807) is 6.92 Å². The largest absolute Gasteiger partial charge is 0.493 e. The number of ether oxygens (including phenoxy) is 2. The molecule has 9 nitrogen and oxygen atoms in total. The molecule has 0 fully saturated rings. The second kappa shape index (κ2) is 6.98. The molecule has 0 spiro atoms. The molecule has 9 heteroatoms. The normalized spacial score (nSPS) is 10.9. The van der Waals surface area contributed by atoms with Gasteiger partial charge in [0.25, 0.3) is 0 Å². The Kier molecular flexibility index (Phi) is 5.35. The lowest BCUT2D eigenvalue weighted by Gasteiger charge is -2.12. The fraction of sp³-hybridized carbons (Fsp3) is 0.250. The van der Waals surface area contributed by atoms with Crippen molar-refractivity contribution in [2.24, 2.45) is 27.2 Å². The Labute approximate surface area is 121 Å². The van der Waals surface area contributed by atoms with Crippen LogP contribution >= 0.6 is 0 Å². The Morgan fingerprint density at radius 3 is 2.43 bits per heavy atom. The van der Waals surface area contributed by atoms with E-state index < -0.39 is 5.97 Å². The summed E-state index contributed by atoms with van der Waals surface area (Å²) < 4.78 is 10.4. The van der Waals surface area contributed by atoms with Crippen molar-refractivity contribution in [2.45, 2.75) is 6.92 Å². The minimum Gasteiger partial charge on any atom is -0.493 e. The zero-order valence-electron chi connectivity index (χ0n) is 11.7. The smallest absolute Gasteiger partial charge is 0.338 e. The lowest BCUT2D eigenvalue weighted by Crippen LogP contribution is -2.26. The molecule has 0 saturated heterocycles. The summed E-state index contributed by atoms with van der Waals surface area (Å²) in [5, 5.41) is 9.23. The van der Waals surface area contributed by atoms with Crippen LogP contribution in [0.5, 0.6) is 11.5 Å². The summed E-state index contributed by atoms with van der Waals surface area (Å²) in [6.45, 7) is 2.12. The first kappa shape index (κ1) is 16.1. The monoisotopic (exact) mass is 295 g/mol. The summed E-state index contributed by atoms with van der Waals surface area (Å²) >= 11 is 0. The van der Waals surface area contributed by atoms with E-state index in [-0.39, 0.29) is 28.9 Å². The molecular formula is C12H17N5O4. The molecule has 0 heterocycles. The van der Waals surface area contributed by atoms with Crippen LogP contribution in [0.3, 0.4) is 0 Å². The average molecular weight is 295 g/mol. The van der Waals surface area contributed by atoms with E-state index in [9.17, 15) is 9.90 Å². The summed E-state index contributed by atoms with van der Waals surface area (Å²) in [6, 6.07) is 2.68. The number of hydrogen-bond acceptors (Lipinski definition) is 4. The summed E-state index contributed by atoms with van der Waals surface area (Å²) in [4.78, 5) is 18.7. The van der Waals surface area contributed by atoms with Gasteiger partial charge in [-0.1, -0.05) is 0 Å². The van der Waals surface area contributed by atoms with Crippen LogP contribution in [0.1, 0.15) is 17.3 Å². The zero-order chi connectivity index (χ0) is 16.0. The topological polar surface area (TPSA) is 159 Å². The van der Waals surface area contributed by atoms with Crippen molar-refractivity contribution < 1.29 is 19.4 Å². The second-order valence-corrected chi connectivity index (χ2v) is 3.77. The molecule has 0 bridgehead atoms. The molecule has 1 rings (SSSR count). The highest BCUT2D eigenvalue weighted by molar-refractivity contribution is 5.98. The maximum absolute atomic E-state index is 11.3. The summed E-state index contributed by atoms with van der Waals surface area (Å²) in [5.74, 6) is -1.15. The first-order valence-electron chi connectivity index (χ1n) is 5.91. The Morgan fingerprint density at radius 2 is 1.95 bits per heavy atom. The van der Waals surface area contributed by atoms with Crippen molar-refractivity contribution in [1.29, 1.82) is 0 Å². The molecule has 1 aromatic carbocycles. The van der Waals surface area contributed by atoms with Crippen molar-refractivity contribution in [2.75, 3.05) is 13.7 Å². The second-order valence-electron chi connectivity index (χ2n) is 3.77. The molecule has 0 aliphatic carbocycles. The molecule has 0 aliphatic heterocycles. The number of benzene rings is 1. The number of methoxy groups -OCH3 is 1. The van der Waals surface area contributed by atoms with E-state index in [1.807, 2.05) is 0 Å². The van der Waals surface area contributed by atoms with Gasteiger partial charge < -0.3 is 31.8 Å². The number of nitrogens with zero attached hydrogens (tertiary/aromatic N) is 2. The molecule has 114 valence electrons. The van der Waals surface area contributed by atoms with Crippen molar-refractivity contribution in [3.8, 4) is 11.5 Å². The third kappa shape index (κ3) is 4.27. The Hall–Kier alpha value is -2.97. The van der Waals surface area contributed by atoms with Gasteiger partial charge in [0, 0.05) is 12.1 Å². The molecule has 0 amide bonds. The molecule has 0 aliphatic rings. The number of hydrogen-bond donors (Lipinski definition) is 4. The highest BCUT2D eigenvalue weighted by Crippen LogP contribution is 2.35. The van der Waals surface area contributed by atoms with E-state index in [2.05, 4.69) is 9.98 Å². The van der Waals surface area contributed by atoms with Gasteiger partial charge in [0.05, 0.1) is 25.0 Å². The van der Waals surface area contributed by atoms with E-state index in [1.165, 1.54) is 19.2 Å². The number of nitrogens with two attached hydrogens (primary N) is 3. The number of rotatable bonds is 5. The van der Waals surface area contributed by atoms with Crippen LogP contribution in [-0.4, -0.2) is 36.7 Å². The Balaban J connectivity index is 3.42. The number of aliphatic imine (C=N–C) groups is 2. The van der Waals surface area contributed by atoms with Crippen LogP contribution in [0.25, 0.3) is 0 Å². The minimum atomic E-state index is -1.20. The van der Waals surface area contributed by atoms with Gasteiger partial charge in [0.2, 0.25) is 5.96 Å². The molecule has 0 atom stereocenters. The molecule has 1 aromatic rings. The number of carbonyl (C=O) groups is 1. The van der Waals surface area contributed by atoms with E-state index in [4.69, 9.17) is 26.7 Å². The predicted molar refractivity (Wildman–Crippen MR) is 78.2 cm³/mol. The molecular weight excluding hydrogens is 278 g/mol. The molecule has 0 aromatic heterocycles. The minimum absolute atomic E-state index is 0.0466. The van der Waals surface area contributed by atoms with E-state index in [0.717, 1.165) is 0 Å². The maximum atomic E-state index is 11.3. The van der Waals surface area contributed by atoms with Crippen LogP contribution in [0.2, 0.25) is 0 Å². The zero-order valence-corrected chi connectivity index (χ0v) is 11.7. The molecule has 21 heavy (non-hydrogen) atoms. The van der Waals surface area contributed by atoms with Gasteiger partial charge >= 0.3 is 5.97 Å². The third-order valence-corrected chi connectivity index (χ3v) is 2.29. The summed E-state index contributed by atoms with van der Waals surface area (Å²) in [6.07, 6.45) is 0. The number of guanidine groups is 2. The fourth-order valence-electron chi connectivity index (χ4n) is 1.52. The number of aromatic carboxylic acids is 1. The van der Waals surface area contributed by atoms with Crippen LogP contribution in [0.4, 0.5) is 5.69 Å². The Morgan fingerprint density at radius 1 is 1.29 bits per heavy atom.